The van der Waals surface area contributed by atoms with Gasteiger partial charge < -0.3 is 24.7 Å². The van der Waals surface area contributed by atoms with Crippen molar-refractivity contribution < 1.29 is 14.3 Å². The minimum atomic E-state index is -0.284. The normalized spacial score (nSPS) is 12.4. The Bertz CT molecular complexity index is 1380. The van der Waals surface area contributed by atoms with E-state index in [0.717, 1.165) is 16.5 Å². The van der Waals surface area contributed by atoms with Crippen molar-refractivity contribution in [1.29, 1.82) is 0 Å². The molecule has 5 rings (SSSR count). The van der Waals surface area contributed by atoms with E-state index < -0.39 is 0 Å². The van der Waals surface area contributed by atoms with Crippen LogP contribution in [-0.2, 0) is 13.1 Å². The predicted octanol–water partition coefficient (Wildman–Crippen LogP) is 4.84. The van der Waals surface area contributed by atoms with Gasteiger partial charge in [-0.05, 0) is 36.8 Å². The Morgan fingerprint density at radius 3 is 2.38 bits per heavy atom. The maximum Gasteiger partial charge on any atom is 0.322 e. The van der Waals surface area contributed by atoms with Gasteiger partial charge in [0.05, 0.1) is 12.1 Å². The molecule has 2 N–H and O–H groups in total. The number of H-pyrrole nitrogens is 1. The van der Waals surface area contributed by atoms with Crippen molar-refractivity contribution >= 4 is 22.6 Å². The number of nitrogens with zero attached hydrogens (tertiary/aromatic N) is 1. The molecule has 0 spiro atoms. The van der Waals surface area contributed by atoms with E-state index in [1.807, 2.05) is 73.7 Å². The van der Waals surface area contributed by atoms with Crippen LogP contribution in [0.15, 0.2) is 77.6 Å². The Morgan fingerprint density at radius 2 is 1.65 bits per heavy atom. The number of benzene rings is 3. The van der Waals surface area contributed by atoms with E-state index in [4.69, 9.17) is 9.47 Å². The maximum absolute atomic E-state index is 13.2. The van der Waals surface area contributed by atoms with Crippen molar-refractivity contribution in [2.45, 2.75) is 20.0 Å². The number of carbonyl (C=O) groups is 1. The lowest BCUT2D eigenvalue weighted by molar-refractivity contribution is 0.172. The molecule has 3 aromatic carbocycles. The van der Waals surface area contributed by atoms with Crippen molar-refractivity contribution in [2.75, 3.05) is 18.5 Å². The van der Waals surface area contributed by atoms with E-state index in [1.165, 1.54) is 0 Å². The average Bonchev–Trinajstić information content (AvgIpc) is 2.85. The predicted molar refractivity (Wildman–Crippen MR) is 131 cm³/mol. The quantitative estimate of drug-likeness (QED) is 0.451. The number of amides is 2. The number of carbonyl (C=O) groups excluding carboxylic acids is 1. The summed E-state index contributed by atoms with van der Waals surface area (Å²) < 4.78 is 11.3. The van der Waals surface area contributed by atoms with E-state index in [2.05, 4.69) is 10.3 Å². The molecule has 1 aliphatic heterocycles. The number of aromatic amines is 1. The molecule has 2 heterocycles. The highest BCUT2D eigenvalue weighted by molar-refractivity contribution is 5.89. The summed E-state index contributed by atoms with van der Waals surface area (Å²) in [5, 5.41) is 3.75. The van der Waals surface area contributed by atoms with Crippen molar-refractivity contribution in [2.24, 2.45) is 0 Å². The smallest absolute Gasteiger partial charge is 0.322 e. The number of aromatic nitrogens is 1. The van der Waals surface area contributed by atoms with Crippen LogP contribution >= 0.6 is 0 Å². The van der Waals surface area contributed by atoms with E-state index in [-0.39, 0.29) is 18.1 Å². The first-order valence-corrected chi connectivity index (χ1v) is 11.2. The Kier molecular flexibility index (Phi) is 5.91. The van der Waals surface area contributed by atoms with Crippen LogP contribution in [-0.4, -0.2) is 29.1 Å². The SMILES string of the molecule is Cc1ccc(CN(Cc2cc3cc4c(cc3[nH]c2=O)OCCO4)C(=O)Nc2ccccc2)cc1. The van der Waals surface area contributed by atoms with Crippen LogP contribution in [0.5, 0.6) is 11.5 Å². The molecule has 4 aromatic rings. The molecule has 0 fully saturated rings. The zero-order valence-electron chi connectivity index (χ0n) is 18.8. The van der Waals surface area contributed by atoms with E-state index in [1.54, 1.807) is 11.0 Å². The first-order valence-electron chi connectivity index (χ1n) is 11.2. The summed E-state index contributed by atoms with van der Waals surface area (Å²) in [6, 6.07) is 22.4. The van der Waals surface area contributed by atoms with E-state index in [0.29, 0.717) is 48.0 Å². The van der Waals surface area contributed by atoms with Crippen LogP contribution in [0.1, 0.15) is 16.7 Å². The highest BCUT2D eigenvalue weighted by Gasteiger charge is 2.19. The number of fused-ring (bicyclic) bond motifs is 2. The molecule has 0 bridgehead atoms. The number of anilines is 1. The van der Waals surface area contributed by atoms with Gasteiger partial charge in [0, 0.05) is 29.2 Å². The summed E-state index contributed by atoms with van der Waals surface area (Å²) >= 11 is 0. The van der Waals surface area contributed by atoms with E-state index >= 15 is 0 Å². The lowest BCUT2D eigenvalue weighted by atomic mass is 10.1. The monoisotopic (exact) mass is 455 g/mol. The fraction of sp³-hybridized carbons (Fsp3) is 0.185. The molecule has 7 nitrogen and oxygen atoms in total. The second-order valence-electron chi connectivity index (χ2n) is 8.34. The fourth-order valence-corrected chi connectivity index (χ4v) is 3.95. The van der Waals surface area contributed by atoms with Gasteiger partial charge in [0.1, 0.15) is 13.2 Å². The first-order chi connectivity index (χ1) is 16.5. The van der Waals surface area contributed by atoms with Gasteiger partial charge in [0.15, 0.2) is 11.5 Å². The number of para-hydroxylation sites is 1. The zero-order chi connectivity index (χ0) is 23.5. The van der Waals surface area contributed by atoms with Crippen molar-refractivity contribution in [3.63, 3.8) is 0 Å². The number of hydrogen-bond donors (Lipinski definition) is 2. The third kappa shape index (κ3) is 4.73. The third-order valence-electron chi connectivity index (χ3n) is 5.75. The van der Waals surface area contributed by atoms with Gasteiger partial charge in [-0.1, -0.05) is 48.0 Å². The summed E-state index contributed by atoms with van der Waals surface area (Å²) in [5.41, 5.74) is 3.72. The molecule has 0 unspecified atom stereocenters. The molecule has 0 saturated heterocycles. The van der Waals surface area contributed by atoms with Gasteiger partial charge in [-0.15, -0.1) is 0 Å². The number of rotatable bonds is 5. The number of ether oxygens (including phenoxy) is 2. The number of pyridine rings is 1. The Labute approximate surface area is 196 Å². The molecule has 172 valence electrons. The molecular weight excluding hydrogens is 430 g/mol. The minimum Gasteiger partial charge on any atom is -0.486 e. The highest BCUT2D eigenvalue weighted by atomic mass is 16.6. The molecule has 1 aliphatic rings. The lowest BCUT2D eigenvalue weighted by Crippen LogP contribution is -2.35. The summed E-state index contributed by atoms with van der Waals surface area (Å²) in [6.07, 6.45) is 0. The topological polar surface area (TPSA) is 83.7 Å². The van der Waals surface area contributed by atoms with Crippen LogP contribution in [0.2, 0.25) is 0 Å². The molecule has 2 amide bonds. The van der Waals surface area contributed by atoms with Gasteiger partial charge >= 0.3 is 6.03 Å². The average molecular weight is 456 g/mol. The molecule has 7 heteroatoms. The van der Waals surface area contributed by atoms with Crippen LogP contribution in [0.4, 0.5) is 10.5 Å². The second kappa shape index (κ2) is 9.31. The molecule has 0 aliphatic carbocycles. The summed E-state index contributed by atoms with van der Waals surface area (Å²) in [5.74, 6) is 1.26. The molecular formula is C27H25N3O4. The Hall–Kier alpha value is -4.26. The number of nitrogens with one attached hydrogen (secondary N) is 2. The van der Waals surface area contributed by atoms with Crippen molar-refractivity contribution in [3.05, 3.63) is 99.8 Å². The number of urea groups is 1. The standard InChI is InChI=1S/C27H25N3O4/c1-18-7-9-19(10-8-18)16-30(27(32)28-22-5-3-2-4-6-22)17-21-13-20-14-24-25(34-12-11-33-24)15-23(20)29-26(21)31/h2-10,13-15H,11-12,16-17H2,1H3,(H,28,32)(H,29,31). The Balaban J connectivity index is 1.46. The molecule has 0 saturated carbocycles. The van der Waals surface area contributed by atoms with Crippen molar-refractivity contribution in [1.82, 2.24) is 9.88 Å². The third-order valence-corrected chi connectivity index (χ3v) is 5.75. The molecule has 0 radical (unpaired) electrons. The number of hydrogen-bond acceptors (Lipinski definition) is 4. The molecule has 1 aromatic heterocycles. The first kappa shape index (κ1) is 21.6. The second-order valence-corrected chi connectivity index (χ2v) is 8.34. The van der Waals surface area contributed by atoms with Crippen LogP contribution in [0.3, 0.4) is 0 Å². The molecule has 34 heavy (non-hydrogen) atoms. The van der Waals surface area contributed by atoms with E-state index in [9.17, 15) is 9.59 Å². The van der Waals surface area contributed by atoms with Crippen LogP contribution in [0, 0.1) is 6.92 Å². The van der Waals surface area contributed by atoms with Crippen LogP contribution in [0.25, 0.3) is 10.9 Å². The van der Waals surface area contributed by atoms with Crippen LogP contribution < -0.4 is 20.3 Å². The largest absolute Gasteiger partial charge is 0.486 e. The maximum atomic E-state index is 13.2. The van der Waals surface area contributed by atoms with Crippen molar-refractivity contribution in [3.8, 4) is 11.5 Å². The zero-order valence-corrected chi connectivity index (χ0v) is 18.8. The molecule has 0 atom stereocenters. The highest BCUT2D eigenvalue weighted by Crippen LogP contribution is 2.33. The summed E-state index contributed by atoms with van der Waals surface area (Å²) in [4.78, 5) is 30.7. The summed E-state index contributed by atoms with van der Waals surface area (Å²) in [7, 11) is 0. The lowest BCUT2D eigenvalue weighted by Gasteiger charge is -2.24. The minimum absolute atomic E-state index is 0.145. The van der Waals surface area contributed by atoms with Gasteiger partial charge in [0.2, 0.25) is 0 Å². The van der Waals surface area contributed by atoms with Gasteiger partial charge in [-0.2, -0.15) is 0 Å². The van der Waals surface area contributed by atoms with Gasteiger partial charge in [0.25, 0.3) is 5.56 Å². The summed E-state index contributed by atoms with van der Waals surface area (Å²) in [6.45, 7) is 3.49. The van der Waals surface area contributed by atoms with Gasteiger partial charge in [-0.25, -0.2) is 4.79 Å². The van der Waals surface area contributed by atoms with Gasteiger partial charge in [-0.3, -0.25) is 4.79 Å². The Morgan fingerprint density at radius 1 is 0.941 bits per heavy atom. The number of aryl methyl sites for hydroxylation is 1. The fourth-order valence-electron chi connectivity index (χ4n) is 3.95.